The van der Waals surface area contributed by atoms with Crippen LogP contribution in [-0.2, 0) is 27.7 Å². The fourth-order valence-electron chi connectivity index (χ4n) is 4.81. The number of nitrogens with one attached hydrogen (secondary N) is 2. The van der Waals surface area contributed by atoms with Gasteiger partial charge in [-0.15, -0.1) is 0 Å². The van der Waals surface area contributed by atoms with Gasteiger partial charge in [0.05, 0.1) is 13.2 Å². The molecule has 1 amide bonds. The van der Waals surface area contributed by atoms with E-state index in [1.54, 1.807) is 0 Å². The Labute approximate surface area is 275 Å². The molecule has 2 N–H and O–H groups in total. The molecule has 2 aliphatic rings. The second-order valence-electron chi connectivity index (χ2n) is 11.1. The second kappa shape index (κ2) is 20.1. The highest BCUT2D eigenvalue weighted by molar-refractivity contribution is 7.48. The molecule has 0 aliphatic carbocycles. The second-order valence-corrected chi connectivity index (χ2v) is 12.7. The van der Waals surface area contributed by atoms with Crippen molar-refractivity contribution in [2.24, 2.45) is 0 Å². The van der Waals surface area contributed by atoms with Gasteiger partial charge in [-0.3, -0.25) is 32.7 Å². The molecule has 3 heterocycles. The first kappa shape index (κ1) is 38.0. The predicted molar refractivity (Wildman–Crippen MR) is 180 cm³/mol. The van der Waals surface area contributed by atoms with Gasteiger partial charge in [0.2, 0.25) is 5.91 Å². The van der Waals surface area contributed by atoms with E-state index < -0.39 is 43.2 Å². The lowest BCUT2D eigenvalue weighted by molar-refractivity contribution is -0.121. The van der Waals surface area contributed by atoms with Crippen LogP contribution in [0.1, 0.15) is 71.4 Å². The maximum Gasteiger partial charge on any atom is 0.475 e. The minimum absolute atomic E-state index is 0.0478. The molecule has 1 aromatic heterocycles. The van der Waals surface area contributed by atoms with Gasteiger partial charge < -0.3 is 10.1 Å². The minimum atomic E-state index is -4.16. The number of phosphoric ester groups is 1. The fraction of sp³-hybridized carbons (Fsp3) is 0.500. The largest absolute Gasteiger partial charge is 0.475 e. The summed E-state index contributed by atoms with van der Waals surface area (Å²) in [6, 6.07) is 1.06. The maximum absolute atomic E-state index is 15.8. The van der Waals surface area contributed by atoms with Crippen LogP contribution in [0.5, 0.6) is 0 Å². The molecule has 5 atom stereocenters. The summed E-state index contributed by atoms with van der Waals surface area (Å²) in [6.45, 7) is 2.84. The van der Waals surface area contributed by atoms with Crippen LogP contribution in [0.15, 0.2) is 94.8 Å². The summed E-state index contributed by atoms with van der Waals surface area (Å²) >= 11 is 0. The van der Waals surface area contributed by atoms with Crippen molar-refractivity contribution in [1.82, 2.24) is 14.9 Å². The summed E-state index contributed by atoms with van der Waals surface area (Å²) in [7, 11) is -4.16. The molecule has 0 radical (unpaired) electrons. The van der Waals surface area contributed by atoms with Crippen LogP contribution >= 0.6 is 7.82 Å². The predicted octanol–water partition coefficient (Wildman–Crippen LogP) is 6.30. The number of allylic oxidation sites excluding steroid dienone is 12. The summed E-state index contributed by atoms with van der Waals surface area (Å²) in [5, 5.41) is 2.67. The first-order valence-electron chi connectivity index (χ1n) is 16.1. The molecule has 47 heavy (non-hydrogen) atoms. The van der Waals surface area contributed by atoms with E-state index >= 15 is 4.39 Å². The number of halogens is 1. The lowest BCUT2D eigenvalue weighted by atomic mass is 9.98. The molecule has 13 heteroatoms. The molecule has 0 saturated carbocycles. The van der Waals surface area contributed by atoms with Crippen LogP contribution in [0.25, 0.3) is 0 Å². The number of alkyl halides is 1. The molecule has 258 valence electrons. The molecule has 1 unspecified atom stereocenters. The molecule has 2 fully saturated rings. The van der Waals surface area contributed by atoms with Gasteiger partial charge >= 0.3 is 13.5 Å². The molecule has 1 aromatic rings. The van der Waals surface area contributed by atoms with Gasteiger partial charge in [0.15, 0.2) is 11.9 Å². The van der Waals surface area contributed by atoms with Gasteiger partial charge in [-0.25, -0.2) is 13.8 Å². The number of phosphoric acid groups is 1. The van der Waals surface area contributed by atoms with Crippen LogP contribution < -0.4 is 16.6 Å². The summed E-state index contributed by atoms with van der Waals surface area (Å²) in [6.07, 6.45) is 29.3. The van der Waals surface area contributed by atoms with Crippen molar-refractivity contribution in [3.8, 4) is 0 Å². The molecule has 0 aromatic carbocycles. The van der Waals surface area contributed by atoms with Gasteiger partial charge in [0, 0.05) is 25.2 Å². The Balaban J connectivity index is 1.24. The van der Waals surface area contributed by atoms with Crippen molar-refractivity contribution >= 4 is 13.7 Å². The molecule has 2 saturated heterocycles. The molecule has 11 nitrogen and oxygen atoms in total. The van der Waals surface area contributed by atoms with E-state index in [-0.39, 0.29) is 32.1 Å². The third kappa shape index (κ3) is 13.0. The Morgan fingerprint density at radius 3 is 2.17 bits per heavy atom. The number of amides is 1. The normalized spacial score (nSPS) is 26.6. The van der Waals surface area contributed by atoms with Crippen molar-refractivity contribution < 1.29 is 32.1 Å². The lowest BCUT2D eigenvalue weighted by Crippen LogP contribution is -2.46. The van der Waals surface area contributed by atoms with Gasteiger partial charge in [0.25, 0.3) is 5.56 Å². The Kier molecular flexibility index (Phi) is 16.2. The van der Waals surface area contributed by atoms with Crippen molar-refractivity contribution in [2.45, 2.75) is 89.3 Å². The number of carbonyl (C=O) groups excluding carboxylic acids is 1. The zero-order chi connectivity index (χ0) is 34.0. The van der Waals surface area contributed by atoms with Crippen LogP contribution in [0, 0.1) is 0 Å². The number of fused-ring (bicyclic) bond motifs is 1. The van der Waals surface area contributed by atoms with Crippen LogP contribution in [-0.4, -0.2) is 53.1 Å². The molecular formula is C34H47FN3O8P. The first-order valence-corrected chi connectivity index (χ1v) is 17.5. The Morgan fingerprint density at radius 1 is 1.02 bits per heavy atom. The molecule has 2 aliphatic heterocycles. The molecule has 3 rings (SSSR count). The van der Waals surface area contributed by atoms with Gasteiger partial charge in [-0.2, -0.15) is 0 Å². The lowest BCUT2D eigenvalue weighted by Gasteiger charge is -2.33. The quantitative estimate of drug-likeness (QED) is 0.0991. The van der Waals surface area contributed by atoms with Crippen molar-refractivity contribution in [1.29, 1.82) is 0 Å². The number of ether oxygens (including phenoxy) is 1. The van der Waals surface area contributed by atoms with Gasteiger partial charge in [-0.1, -0.05) is 79.8 Å². The summed E-state index contributed by atoms with van der Waals surface area (Å²) in [4.78, 5) is 37.7. The van der Waals surface area contributed by atoms with E-state index in [9.17, 15) is 18.9 Å². The summed E-state index contributed by atoms with van der Waals surface area (Å²) in [5.74, 6) is -0.202. The Morgan fingerprint density at radius 2 is 1.60 bits per heavy atom. The summed E-state index contributed by atoms with van der Waals surface area (Å²) in [5.41, 5.74) is -3.80. The monoisotopic (exact) mass is 675 g/mol. The number of aromatic amines is 1. The standard InChI is InChI=1S/C34H47FN3O8P/c1-3-4-5-6-7-8-9-10-11-12-13-14-15-16-17-18-19-20-21-22-29(39)36-24-26-43-47(42)44-27-28-31(46-47)34(2,35)32(45-28)38-25-23-30(40)37-33(38)41/h4-5,7-8,10-11,13-14,16-17,19-20,23,25,28,31-32H,3,6,9,12,15,18,21-22,24,26-27H2,1-2H3,(H,36,39)(H,37,40,41)/t28-,31-,32-,34-,47?/m1/s1. The molecule has 0 bridgehead atoms. The number of hydrogen-bond acceptors (Lipinski definition) is 8. The maximum atomic E-state index is 15.8. The Hall–Kier alpha value is -3.41. The Bertz CT molecular complexity index is 1480. The van der Waals surface area contributed by atoms with Crippen molar-refractivity contribution in [3.63, 3.8) is 0 Å². The average molecular weight is 676 g/mol. The SMILES string of the molecule is CCC=CCC=CCC=CCC=CCC=CCC=CCCC(=O)NCCOP1(=O)OC[C@H]2O[C@@H](n3ccc(=O)[nH]c3=O)[C@](C)(F)[C@@H]2O1. The number of aromatic nitrogens is 2. The third-order valence-corrected chi connectivity index (χ3v) is 8.68. The minimum Gasteiger partial charge on any atom is -0.354 e. The number of H-pyrrole nitrogens is 1. The highest BCUT2D eigenvalue weighted by atomic mass is 31.2. The fourth-order valence-corrected chi connectivity index (χ4v) is 6.27. The van der Waals surface area contributed by atoms with Gasteiger partial charge in [-0.05, 0) is 51.9 Å². The van der Waals surface area contributed by atoms with E-state index in [4.69, 9.17) is 18.3 Å². The average Bonchev–Trinajstić information content (AvgIpc) is 3.29. The number of carbonyl (C=O) groups is 1. The van der Waals surface area contributed by atoms with E-state index in [0.29, 0.717) is 6.42 Å². The number of rotatable bonds is 19. The van der Waals surface area contributed by atoms with Gasteiger partial charge in [0.1, 0.15) is 12.2 Å². The van der Waals surface area contributed by atoms with E-state index in [1.807, 2.05) is 17.1 Å². The number of nitrogens with zero attached hydrogens (tertiary/aromatic N) is 1. The first-order chi connectivity index (χ1) is 22.7. The summed E-state index contributed by atoms with van der Waals surface area (Å²) < 4.78 is 51.2. The van der Waals surface area contributed by atoms with E-state index in [0.717, 1.165) is 62.3 Å². The molecular weight excluding hydrogens is 628 g/mol. The van der Waals surface area contributed by atoms with Crippen molar-refractivity contribution in [2.75, 3.05) is 19.8 Å². The number of hydrogen-bond donors (Lipinski definition) is 2. The van der Waals surface area contributed by atoms with E-state index in [2.05, 4.69) is 73.0 Å². The smallest absolute Gasteiger partial charge is 0.354 e. The van der Waals surface area contributed by atoms with Crippen LogP contribution in [0.4, 0.5) is 4.39 Å². The molecule has 0 spiro atoms. The topological polar surface area (TPSA) is 138 Å². The zero-order valence-electron chi connectivity index (χ0n) is 27.1. The van der Waals surface area contributed by atoms with Crippen LogP contribution in [0.3, 0.4) is 0 Å². The zero-order valence-corrected chi connectivity index (χ0v) is 28.0. The van der Waals surface area contributed by atoms with Crippen LogP contribution in [0.2, 0.25) is 0 Å². The highest BCUT2D eigenvalue weighted by Crippen LogP contribution is 2.59. The van der Waals surface area contributed by atoms with Crippen molar-refractivity contribution in [3.05, 3.63) is 106 Å². The third-order valence-electron chi connectivity index (χ3n) is 7.23. The highest BCUT2D eigenvalue weighted by Gasteiger charge is 2.61. The van der Waals surface area contributed by atoms with E-state index in [1.165, 1.54) is 0 Å².